The molecular formula is C24H25N5O2. The van der Waals surface area contributed by atoms with Crippen LogP contribution in [0.5, 0.6) is 0 Å². The molecule has 0 radical (unpaired) electrons. The number of aromatic nitrogens is 3. The quantitative estimate of drug-likeness (QED) is 0.695. The largest absolute Gasteiger partial charge is 0.357 e. The van der Waals surface area contributed by atoms with Crippen molar-refractivity contribution in [3.8, 4) is 0 Å². The maximum Gasteiger partial charge on any atom is 0.270 e. The number of hydrogen-bond donors (Lipinski definition) is 1. The number of fused-ring (bicyclic) bond motifs is 1. The highest BCUT2D eigenvalue weighted by Gasteiger charge is 2.49. The Kier molecular flexibility index (Phi) is 5.24. The average Bonchev–Trinajstić information content (AvgIpc) is 3.54. The third kappa shape index (κ3) is 3.83. The van der Waals surface area contributed by atoms with E-state index in [1.165, 1.54) is 0 Å². The van der Waals surface area contributed by atoms with E-state index in [0.29, 0.717) is 38.2 Å². The summed E-state index contributed by atoms with van der Waals surface area (Å²) in [4.78, 5) is 41.4. The summed E-state index contributed by atoms with van der Waals surface area (Å²) in [5, 5.41) is 0. The van der Waals surface area contributed by atoms with Gasteiger partial charge in [-0.05, 0) is 24.1 Å². The molecule has 2 saturated heterocycles. The van der Waals surface area contributed by atoms with Gasteiger partial charge in [-0.15, -0.1) is 0 Å². The van der Waals surface area contributed by atoms with Crippen molar-refractivity contribution in [2.24, 2.45) is 11.8 Å². The monoisotopic (exact) mass is 415 g/mol. The van der Waals surface area contributed by atoms with Crippen molar-refractivity contribution in [1.82, 2.24) is 24.8 Å². The Hall–Kier alpha value is -3.48. The van der Waals surface area contributed by atoms with Gasteiger partial charge >= 0.3 is 0 Å². The van der Waals surface area contributed by atoms with Crippen molar-refractivity contribution in [3.05, 3.63) is 84.2 Å². The molecule has 2 aromatic heterocycles. The van der Waals surface area contributed by atoms with Crippen molar-refractivity contribution >= 4 is 11.8 Å². The van der Waals surface area contributed by atoms with Gasteiger partial charge in [-0.25, -0.2) is 0 Å². The molecule has 4 heterocycles. The van der Waals surface area contributed by atoms with Crippen molar-refractivity contribution < 1.29 is 9.59 Å². The number of benzene rings is 1. The van der Waals surface area contributed by atoms with E-state index in [2.05, 4.69) is 27.1 Å². The summed E-state index contributed by atoms with van der Waals surface area (Å²) < 4.78 is 0. The van der Waals surface area contributed by atoms with E-state index in [1.54, 1.807) is 24.8 Å². The SMILES string of the molecule is O=C(c1ccc[nH]1)N1C[C@H]2CN(C(=O)CCc3cnccn3)[C@H](c3ccccc3)[C@H]2C1. The normalized spacial score (nSPS) is 22.5. The molecule has 0 spiro atoms. The molecule has 158 valence electrons. The Morgan fingerprint density at radius 1 is 1.03 bits per heavy atom. The number of aromatic amines is 1. The maximum atomic E-state index is 13.2. The van der Waals surface area contributed by atoms with Gasteiger partial charge in [0.25, 0.3) is 5.91 Å². The summed E-state index contributed by atoms with van der Waals surface area (Å²) in [7, 11) is 0. The highest BCUT2D eigenvalue weighted by molar-refractivity contribution is 5.92. The number of carbonyl (C=O) groups is 2. The second-order valence-electron chi connectivity index (χ2n) is 8.32. The van der Waals surface area contributed by atoms with Gasteiger partial charge in [0.15, 0.2) is 0 Å². The number of nitrogens with one attached hydrogen (secondary N) is 1. The Bertz CT molecular complexity index is 1040. The van der Waals surface area contributed by atoms with Crippen molar-refractivity contribution in [2.75, 3.05) is 19.6 Å². The zero-order valence-corrected chi connectivity index (χ0v) is 17.2. The van der Waals surface area contributed by atoms with E-state index in [1.807, 2.05) is 40.1 Å². The number of carbonyl (C=O) groups excluding carboxylic acids is 2. The number of likely N-dealkylation sites (tertiary alicyclic amines) is 2. The number of amides is 2. The Balaban J connectivity index is 1.34. The van der Waals surface area contributed by atoms with Crippen molar-refractivity contribution in [1.29, 1.82) is 0 Å². The first kappa shape index (κ1) is 19.5. The van der Waals surface area contributed by atoms with Gasteiger partial charge in [-0.3, -0.25) is 19.6 Å². The molecule has 0 saturated carbocycles. The van der Waals surface area contributed by atoms with Crippen LogP contribution < -0.4 is 0 Å². The lowest BCUT2D eigenvalue weighted by atomic mass is 9.89. The summed E-state index contributed by atoms with van der Waals surface area (Å²) in [6.07, 6.45) is 7.77. The van der Waals surface area contributed by atoms with E-state index in [4.69, 9.17) is 0 Å². The summed E-state index contributed by atoms with van der Waals surface area (Å²) >= 11 is 0. The average molecular weight is 415 g/mol. The summed E-state index contributed by atoms with van der Waals surface area (Å²) in [5.41, 5.74) is 2.58. The number of hydrogen-bond acceptors (Lipinski definition) is 4. The predicted molar refractivity (Wildman–Crippen MR) is 115 cm³/mol. The summed E-state index contributed by atoms with van der Waals surface area (Å²) in [6.45, 7) is 2.02. The topological polar surface area (TPSA) is 82.2 Å². The smallest absolute Gasteiger partial charge is 0.270 e. The first-order valence-electron chi connectivity index (χ1n) is 10.7. The molecule has 0 aliphatic carbocycles. The molecule has 2 aliphatic rings. The Morgan fingerprint density at radius 3 is 2.65 bits per heavy atom. The number of aryl methyl sites for hydroxylation is 1. The summed E-state index contributed by atoms with van der Waals surface area (Å²) in [5.74, 6) is 0.689. The Morgan fingerprint density at radius 2 is 1.90 bits per heavy atom. The first-order valence-corrected chi connectivity index (χ1v) is 10.7. The molecule has 1 aromatic carbocycles. The lowest BCUT2D eigenvalue weighted by Crippen LogP contribution is -2.37. The number of rotatable bonds is 5. The lowest BCUT2D eigenvalue weighted by Gasteiger charge is -2.30. The van der Waals surface area contributed by atoms with Gasteiger partial charge in [-0.2, -0.15) is 0 Å². The van der Waals surface area contributed by atoms with Gasteiger partial charge in [0.2, 0.25) is 5.91 Å². The predicted octanol–water partition coefficient (Wildman–Crippen LogP) is 2.71. The molecule has 0 unspecified atom stereocenters. The minimum Gasteiger partial charge on any atom is -0.357 e. The lowest BCUT2D eigenvalue weighted by molar-refractivity contribution is -0.132. The molecule has 5 rings (SSSR count). The number of H-pyrrole nitrogens is 1. The van der Waals surface area contributed by atoms with Crippen LogP contribution in [0.4, 0.5) is 0 Å². The zero-order valence-electron chi connectivity index (χ0n) is 17.2. The van der Waals surface area contributed by atoms with Crippen LogP contribution in [0.3, 0.4) is 0 Å². The van der Waals surface area contributed by atoms with Crippen molar-refractivity contribution in [2.45, 2.75) is 18.9 Å². The van der Waals surface area contributed by atoms with E-state index in [0.717, 1.165) is 11.3 Å². The molecule has 3 aromatic rings. The fraction of sp³-hybridized carbons (Fsp3) is 0.333. The molecule has 2 fully saturated rings. The minimum atomic E-state index is -0.0120. The van der Waals surface area contributed by atoms with E-state index < -0.39 is 0 Å². The van der Waals surface area contributed by atoms with Gasteiger partial charge in [-0.1, -0.05) is 30.3 Å². The molecule has 31 heavy (non-hydrogen) atoms. The van der Waals surface area contributed by atoms with Crippen LogP contribution >= 0.6 is 0 Å². The molecular weight excluding hydrogens is 390 g/mol. The van der Waals surface area contributed by atoms with E-state index >= 15 is 0 Å². The van der Waals surface area contributed by atoms with Crippen molar-refractivity contribution in [3.63, 3.8) is 0 Å². The molecule has 2 amide bonds. The second kappa shape index (κ2) is 8.34. The molecule has 2 aliphatic heterocycles. The standard InChI is InChI=1S/C24H25N5O2/c30-22(9-8-19-13-25-11-12-26-19)29-15-18-14-28(24(31)21-7-4-10-27-21)16-20(18)23(29)17-5-2-1-3-6-17/h1-7,10-13,18,20,23,27H,8-9,14-16H2/t18-,20-,23+/m0/s1. The van der Waals surface area contributed by atoms with Gasteiger partial charge in [0.1, 0.15) is 5.69 Å². The molecule has 7 nitrogen and oxygen atoms in total. The minimum absolute atomic E-state index is 0.0120. The molecule has 3 atom stereocenters. The fourth-order valence-corrected chi connectivity index (χ4v) is 5.02. The Labute approximate surface area is 181 Å². The maximum absolute atomic E-state index is 13.2. The van der Waals surface area contributed by atoms with Gasteiger partial charge in [0, 0.05) is 62.7 Å². The third-order valence-electron chi connectivity index (χ3n) is 6.45. The van der Waals surface area contributed by atoms with Crippen LogP contribution in [-0.2, 0) is 11.2 Å². The zero-order chi connectivity index (χ0) is 21.2. The highest BCUT2D eigenvalue weighted by Crippen LogP contribution is 2.45. The summed E-state index contributed by atoms with van der Waals surface area (Å²) in [6, 6.07) is 13.8. The molecule has 7 heteroatoms. The van der Waals surface area contributed by atoms with E-state index in [9.17, 15) is 9.59 Å². The van der Waals surface area contributed by atoms with E-state index in [-0.39, 0.29) is 29.7 Å². The first-order chi connectivity index (χ1) is 15.2. The third-order valence-corrected chi connectivity index (χ3v) is 6.45. The fourth-order valence-electron chi connectivity index (χ4n) is 5.02. The molecule has 1 N–H and O–H groups in total. The highest BCUT2D eigenvalue weighted by atomic mass is 16.2. The second-order valence-corrected chi connectivity index (χ2v) is 8.32. The van der Waals surface area contributed by atoms with Crippen LogP contribution in [0.2, 0.25) is 0 Å². The van der Waals surface area contributed by atoms with Crippen LogP contribution in [-0.4, -0.2) is 56.2 Å². The molecule has 0 bridgehead atoms. The van der Waals surface area contributed by atoms with Crippen LogP contribution in [0.1, 0.15) is 34.2 Å². The van der Waals surface area contributed by atoms with Crippen LogP contribution in [0.15, 0.2) is 67.3 Å². The van der Waals surface area contributed by atoms with Gasteiger partial charge in [0.05, 0.1) is 11.7 Å². The van der Waals surface area contributed by atoms with Gasteiger partial charge < -0.3 is 14.8 Å². The van der Waals surface area contributed by atoms with Crippen LogP contribution in [0.25, 0.3) is 0 Å². The number of nitrogens with zero attached hydrogens (tertiary/aromatic N) is 4. The van der Waals surface area contributed by atoms with Crippen LogP contribution in [0, 0.1) is 11.8 Å².